The Bertz CT molecular complexity index is 451. The summed E-state index contributed by atoms with van der Waals surface area (Å²) in [5.74, 6) is 0.941. The molecule has 1 spiro atoms. The molecular weight excluding hydrogens is 260 g/mol. The van der Waals surface area contributed by atoms with Crippen molar-refractivity contribution in [2.45, 2.75) is 57.2 Å². The van der Waals surface area contributed by atoms with Gasteiger partial charge in [0.15, 0.2) is 0 Å². The number of nitrogens with zero attached hydrogens (tertiary/aromatic N) is 1. The van der Waals surface area contributed by atoms with Gasteiger partial charge in [0.1, 0.15) is 5.75 Å². The third-order valence-electron chi connectivity index (χ3n) is 5.30. The summed E-state index contributed by atoms with van der Waals surface area (Å²) in [6.45, 7) is 5.79. The lowest BCUT2D eigenvalue weighted by atomic mass is 9.96. The Morgan fingerprint density at radius 1 is 1.24 bits per heavy atom. The average molecular weight is 288 g/mol. The van der Waals surface area contributed by atoms with Gasteiger partial charge in [-0.1, -0.05) is 25.0 Å². The summed E-state index contributed by atoms with van der Waals surface area (Å²) in [5, 5.41) is 3.86. The van der Waals surface area contributed by atoms with E-state index < -0.39 is 0 Å². The van der Waals surface area contributed by atoms with Crippen molar-refractivity contribution in [3.05, 3.63) is 29.8 Å². The second-order valence-electron chi connectivity index (χ2n) is 6.80. The Labute approximate surface area is 128 Å². The van der Waals surface area contributed by atoms with Crippen LogP contribution < -0.4 is 10.1 Å². The van der Waals surface area contributed by atoms with E-state index in [1.165, 1.54) is 50.8 Å². The third-order valence-corrected chi connectivity index (χ3v) is 5.30. The number of hydrogen-bond acceptors (Lipinski definition) is 3. The van der Waals surface area contributed by atoms with Crippen molar-refractivity contribution < 1.29 is 4.74 Å². The van der Waals surface area contributed by atoms with Crippen LogP contribution in [0.1, 0.15) is 44.6 Å². The fourth-order valence-electron chi connectivity index (χ4n) is 3.89. The second kappa shape index (κ2) is 6.37. The molecule has 3 heteroatoms. The van der Waals surface area contributed by atoms with Crippen LogP contribution in [-0.4, -0.2) is 36.7 Å². The van der Waals surface area contributed by atoms with Crippen molar-refractivity contribution in [3.8, 4) is 5.75 Å². The lowest BCUT2D eigenvalue weighted by Gasteiger charge is -2.35. The van der Waals surface area contributed by atoms with Gasteiger partial charge >= 0.3 is 0 Å². The lowest BCUT2D eigenvalue weighted by molar-refractivity contribution is 0.160. The molecule has 116 valence electrons. The summed E-state index contributed by atoms with van der Waals surface area (Å²) in [6, 6.07) is 9.19. The van der Waals surface area contributed by atoms with Gasteiger partial charge in [0.05, 0.1) is 7.11 Å². The van der Waals surface area contributed by atoms with E-state index in [0.717, 1.165) is 12.3 Å². The first-order valence-electron chi connectivity index (χ1n) is 8.33. The Morgan fingerprint density at radius 2 is 1.95 bits per heavy atom. The normalized spacial score (nSPS) is 25.9. The first-order chi connectivity index (χ1) is 10.2. The molecule has 1 N–H and O–H groups in total. The van der Waals surface area contributed by atoms with Crippen LogP contribution in [0.5, 0.6) is 5.75 Å². The standard InChI is InChI=1S/C18H28N2O/c1-15-9-12-19-18(10-3-4-11-18)14-20(15)13-16-5-7-17(21-2)8-6-16/h5-8,15,19H,3-4,9-14H2,1-2H3. The van der Waals surface area contributed by atoms with E-state index in [4.69, 9.17) is 4.74 Å². The fraction of sp³-hybridized carbons (Fsp3) is 0.667. The third kappa shape index (κ3) is 3.41. The molecule has 3 nitrogen and oxygen atoms in total. The summed E-state index contributed by atoms with van der Waals surface area (Å²) < 4.78 is 5.25. The number of hydrogen-bond donors (Lipinski definition) is 1. The van der Waals surface area contributed by atoms with Crippen LogP contribution in [-0.2, 0) is 6.54 Å². The summed E-state index contributed by atoms with van der Waals surface area (Å²) in [7, 11) is 1.72. The summed E-state index contributed by atoms with van der Waals surface area (Å²) in [6.07, 6.45) is 6.71. The van der Waals surface area contributed by atoms with E-state index in [2.05, 4.69) is 41.4 Å². The maximum atomic E-state index is 5.25. The van der Waals surface area contributed by atoms with E-state index >= 15 is 0 Å². The monoisotopic (exact) mass is 288 g/mol. The molecule has 1 saturated heterocycles. The second-order valence-corrected chi connectivity index (χ2v) is 6.80. The maximum absolute atomic E-state index is 5.25. The molecule has 0 bridgehead atoms. The molecule has 0 aromatic heterocycles. The smallest absolute Gasteiger partial charge is 0.118 e. The number of ether oxygens (including phenoxy) is 1. The largest absolute Gasteiger partial charge is 0.497 e. The predicted octanol–water partition coefficient (Wildman–Crippen LogP) is 3.19. The molecule has 2 fully saturated rings. The maximum Gasteiger partial charge on any atom is 0.118 e. The molecule has 2 aliphatic rings. The molecule has 1 aromatic carbocycles. The first kappa shape index (κ1) is 14.9. The highest BCUT2D eigenvalue weighted by atomic mass is 16.5. The van der Waals surface area contributed by atoms with Crippen LogP contribution in [0.15, 0.2) is 24.3 Å². The van der Waals surface area contributed by atoms with E-state index in [1.54, 1.807) is 7.11 Å². The van der Waals surface area contributed by atoms with Crippen molar-refractivity contribution in [2.24, 2.45) is 0 Å². The molecule has 1 aliphatic heterocycles. The molecule has 21 heavy (non-hydrogen) atoms. The van der Waals surface area contributed by atoms with Crippen LogP contribution in [0.4, 0.5) is 0 Å². The quantitative estimate of drug-likeness (QED) is 0.924. The number of benzene rings is 1. The minimum Gasteiger partial charge on any atom is -0.497 e. The number of rotatable bonds is 3. The van der Waals surface area contributed by atoms with Crippen molar-refractivity contribution in [3.63, 3.8) is 0 Å². The summed E-state index contributed by atoms with van der Waals surface area (Å²) >= 11 is 0. The molecule has 0 amide bonds. The molecule has 1 unspecified atom stereocenters. The van der Waals surface area contributed by atoms with Gasteiger partial charge in [0, 0.05) is 24.7 Å². The Balaban J connectivity index is 1.71. The topological polar surface area (TPSA) is 24.5 Å². The van der Waals surface area contributed by atoms with Crippen molar-refractivity contribution in [2.75, 3.05) is 20.2 Å². The van der Waals surface area contributed by atoms with Gasteiger partial charge < -0.3 is 10.1 Å². The van der Waals surface area contributed by atoms with Crippen LogP contribution in [0, 0.1) is 0 Å². The highest BCUT2D eigenvalue weighted by Gasteiger charge is 2.37. The summed E-state index contributed by atoms with van der Waals surface area (Å²) in [5.41, 5.74) is 1.77. The zero-order chi connectivity index (χ0) is 14.7. The Kier molecular flexibility index (Phi) is 4.51. The molecule has 0 radical (unpaired) electrons. The Hall–Kier alpha value is -1.06. The zero-order valence-corrected chi connectivity index (χ0v) is 13.4. The average Bonchev–Trinajstić information content (AvgIpc) is 2.89. The van der Waals surface area contributed by atoms with Crippen molar-refractivity contribution in [1.82, 2.24) is 10.2 Å². The van der Waals surface area contributed by atoms with E-state index in [9.17, 15) is 0 Å². The predicted molar refractivity (Wildman–Crippen MR) is 86.7 cm³/mol. The van der Waals surface area contributed by atoms with Gasteiger partial charge in [0.25, 0.3) is 0 Å². The van der Waals surface area contributed by atoms with Gasteiger partial charge in [0.2, 0.25) is 0 Å². The molecular formula is C18H28N2O. The minimum absolute atomic E-state index is 0.386. The fourth-order valence-corrected chi connectivity index (χ4v) is 3.89. The first-order valence-corrected chi connectivity index (χ1v) is 8.33. The number of methoxy groups -OCH3 is 1. The Morgan fingerprint density at radius 3 is 2.62 bits per heavy atom. The minimum atomic E-state index is 0.386. The van der Waals surface area contributed by atoms with Gasteiger partial charge in [-0.05, 0) is 50.4 Å². The molecule has 1 saturated carbocycles. The van der Waals surface area contributed by atoms with Gasteiger partial charge in [-0.25, -0.2) is 0 Å². The van der Waals surface area contributed by atoms with Gasteiger partial charge in [-0.15, -0.1) is 0 Å². The highest BCUT2D eigenvalue weighted by molar-refractivity contribution is 5.27. The van der Waals surface area contributed by atoms with Crippen molar-refractivity contribution >= 4 is 0 Å². The van der Waals surface area contributed by atoms with E-state index in [1.807, 2.05) is 0 Å². The van der Waals surface area contributed by atoms with Crippen LogP contribution >= 0.6 is 0 Å². The molecule has 1 atom stereocenters. The van der Waals surface area contributed by atoms with E-state index in [0.29, 0.717) is 11.6 Å². The molecule has 1 heterocycles. The molecule has 3 rings (SSSR count). The van der Waals surface area contributed by atoms with Crippen molar-refractivity contribution in [1.29, 1.82) is 0 Å². The molecule has 1 aliphatic carbocycles. The van der Waals surface area contributed by atoms with Gasteiger partial charge in [-0.3, -0.25) is 4.90 Å². The highest BCUT2D eigenvalue weighted by Crippen LogP contribution is 2.33. The molecule has 1 aromatic rings. The van der Waals surface area contributed by atoms with Crippen LogP contribution in [0.2, 0.25) is 0 Å². The zero-order valence-electron chi connectivity index (χ0n) is 13.4. The van der Waals surface area contributed by atoms with Gasteiger partial charge in [-0.2, -0.15) is 0 Å². The van der Waals surface area contributed by atoms with E-state index in [-0.39, 0.29) is 0 Å². The SMILES string of the molecule is COc1ccc(CN2CC3(CCCC3)NCCC2C)cc1. The van der Waals surface area contributed by atoms with Crippen LogP contribution in [0.3, 0.4) is 0 Å². The lowest BCUT2D eigenvalue weighted by Crippen LogP contribution is -2.49. The summed E-state index contributed by atoms with van der Waals surface area (Å²) in [4.78, 5) is 2.67. The van der Waals surface area contributed by atoms with Crippen LogP contribution in [0.25, 0.3) is 0 Å². The number of nitrogens with one attached hydrogen (secondary N) is 1.